The molecule has 0 saturated carbocycles. The van der Waals surface area contributed by atoms with E-state index in [-0.39, 0.29) is 17.2 Å². The Balaban J connectivity index is 1.95. The Hall–Kier alpha value is -1.00. The molecule has 1 heterocycles. The third-order valence-electron chi connectivity index (χ3n) is 3.14. The van der Waals surface area contributed by atoms with Crippen molar-refractivity contribution in [3.63, 3.8) is 0 Å². The van der Waals surface area contributed by atoms with Crippen molar-refractivity contribution in [3.8, 4) is 0 Å². The van der Waals surface area contributed by atoms with Gasteiger partial charge in [-0.15, -0.1) is 0 Å². The maximum Gasteiger partial charge on any atom is 0.251 e. The molecule has 0 aliphatic heterocycles. The summed E-state index contributed by atoms with van der Waals surface area (Å²) >= 11 is 5.19. The molecule has 0 fully saturated rings. The minimum Gasteiger partial charge on any atom is -0.325 e. The molecule has 2 aromatic rings. The second-order valence-electron chi connectivity index (χ2n) is 5.70. The Morgan fingerprint density at radius 1 is 1.36 bits per heavy atom. The van der Waals surface area contributed by atoms with Gasteiger partial charge in [0.2, 0.25) is 5.91 Å². The van der Waals surface area contributed by atoms with Crippen LogP contribution in [0.15, 0.2) is 34.2 Å². The monoisotopic (exact) mass is 489 g/mol. The van der Waals surface area contributed by atoms with Gasteiger partial charge >= 0.3 is 0 Å². The maximum absolute atomic E-state index is 12.2. The van der Waals surface area contributed by atoms with Gasteiger partial charge in [0.15, 0.2) is 5.16 Å². The van der Waals surface area contributed by atoms with Crippen molar-refractivity contribution in [2.45, 2.75) is 36.9 Å². The number of hydrogen-bond donors (Lipinski definition) is 2. The number of aryl methyl sites for hydroxylation is 1. The fourth-order valence-electron chi connectivity index (χ4n) is 1.97. The molecule has 8 heteroatoms. The minimum atomic E-state index is -0.189. The molecule has 0 unspecified atom stereocenters. The number of nitrogens with one attached hydrogen (secondary N) is 2. The van der Waals surface area contributed by atoms with E-state index >= 15 is 0 Å². The summed E-state index contributed by atoms with van der Waals surface area (Å²) in [6.07, 6.45) is 0. The van der Waals surface area contributed by atoms with Crippen LogP contribution in [0.3, 0.4) is 0 Å². The zero-order valence-corrected chi connectivity index (χ0v) is 18.0. The number of halogens is 1. The Bertz CT molecular complexity index is 809. The van der Waals surface area contributed by atoms with Crippen molar-refractivity contribution in [1.82, 2.24) is 9.97 Å². The number of aromatic amines is 1. The third-order valence-corrected chi connectivity index (χ3v) is 5.81. The highest BCUT2D eigenvalue weighted by molar-refractivity contribution is 14.1. The van der Waals surface area contributed by atoms with Crippen LogP contribution in [0.25, 0.3) is 0 Å². The summed E-state index contributed by atoms with van der Waals surface area (Å²) in [5, 5.41) is 3.84. The predicted molar refractivity (Wildman–Crippen MR) is 115 cm³/mol. The molecule has 1 amide bonds. The number of carbonyl (C=O) groups is 1. The number of hydrogen-bond acceptors (Lipinski definition) is 5. The fourth-order valence-corrected chi connectivity index (χ4v) is 3.96. The number of thioether (sulfide) groups is 2. The van der Waals surface area contributed by atoms with Gasteiger partial charge in [-0.1, -0.05) is 25.6 Å². The van der Waals surface area contributed by atoms with Crippen LogP contribution in [0.1, 0.15) is 25.1 Å². The summed E-state index contributed by atoms with van der Waals surface area (Å²) in [6, 6.07) is 7.36. The van der Waals surface area contributed by atoms with Gasteiger partial charge in [0.1, 0.15) is 0 Å². The number of aromatic nitrogens is 2. The van der Waals surface area contributed by atoms with E-state index in [0.717, 1.165) is 20.5 Å². The third kappa shape index (κ3) is 7.02. The number of benzene rings is 1. The Kier molecular flexibility index (Phi) is 7.82. The van der Waals surface area contributed by atoms with Gasteiger partial charge in [-0.25, -0.2) is 4.98 Å². The molecule has 1 aromatic heterocycles. The highest BCUT2D eigenvalue weighted by atomic mass is 127. The molecule has 0 bridgehead atoms. The van der Waals surface area contributed by atoms with E-state index in [0.29, 0.717) is 16.2 Å². The molecule has 134 valence electrons. The van der Waals surface area contributed by atoms with Crippen LogP contribution in [-0.4, -0.2) is 26.9 Å². The Morgan fingerprint density at radius 2 is 2.12 bits per heavy atom. The molecular weight excluding hydrogens is 469 g/mol. The first kappa shape index (κ1) is 20.3. The lowest BCUT2D eigenvalue weighted by Gasteiger charge is -2.09. The van der Waals surface area contributed by atoms with Crippen LogP contribution < -0.4 is 10.9 Å². The van der Waals surface area contributed by atoms with Gasteiger partial charge in [-0.2, -0.15) is 11.8 Å². The second-order valence-corrected chi connectivity index (χ2v) is 9.47. The van der Waals surface area contributed by atoms with E-state index in [1.165, 1.54) is 17.8 Å². The molecule has 0 aliphatic carbocycles. The summed E-state index contributed by atoms with van der Waals surface area (Å²) in [5.41, 5.74) is 2.36. The van der Waals surface area contributed by atoms with Crippen LogP contribution >= 0.6 is 46.1 Å². The summed E-state index contributed by atoms with van der Waals surface area (Å²) in [4.78, 5) is 31.0. The van der Waals surface area contributed by atoms with Gasteiger partial charge in [0.05, 0.1) is 11.4 Å². The minimum absolute atomic E-state index is 0.126. The van der Waals surface area contributed by atoms with E-state index in [4.69, 9.17) is 0 Å². The highest BCUT2D eigenvalue weighted by Crippen LogP contribution is 2.20. The van der Waals surface area contributed by atoms with Crippen LogP contribution in [0, 0.1) is 10.5 Å². The van der Waals surface area contributed by atoms with E-state index in [2.05, 4.69) is 51.7 Å². The number of anilines is 1. The molecule has 0 spiro atoms. The van der Waals surface area contributed by atoms with Gasteiger partial charge in [0, 0.05) is 21.1 Å². The van der Waals surface area contributed by atoms with Crippen LogP contribution in [0.5, 0.6) is 0 Å². The van der Waals surface area contributed by atoms with Crippen molar-refractivity contribution in [2.24, 2.45) is 0 Å². The molecule has 0 saturated heterocycles. The average molecular weight is 489 g/mol. The molecule has 5 nitrogen and oxygen atoms in total. The lowest BCUT2D eigenvalue weighted by Crippen LogP contribution is -2.16. The van der Waals surface area contributed by atoms with Gasteiger partial charge in [-0.3, -0.25) is 9.59 Å². The van der Waals surface area contributed by atoms with Crippen LogP contribution in [0.2, 0.25) is 0 Å². The molecule has 0 aliphatic rings. The van der Waals surface area contributed by atoms with Crippen LogP contribution in [0.4, 0.5) is 5.69 Å². The first-order valence-electron chi connectivity index (χ1n) is 7.74. The maximum atomic E-state index is 12.2. The van der Waals surface area contributed by atoms with Gasteiger partial charge in [-0.05, 0) is 58.5 Å². The number of rotatable bonds is 7. The number of amides is 1. The van der Waals surface area contributed by atoms with Crippen molar-refractivity contribution in [2.75, 3.05) is 11.1 Å². The lowest BCUT2D eigenvalue weighted by molar-refractivity contribution is -0.113. The van der Waals surface area contributed by atoms with E-state index in [1.54, 1.807) is 11.8 Å². The van der Waals surface area contributed by atoms with Crippen molar-refractivity contribution >= 4 is 57.7 Å². The standard InChI is InChI=1S/C17H20IN3O2S2/c1-10(2)24-8-13-7-15(22)21-17(19-13)25-9-16(23)20-14-5-4-12(18)6-11(14)3/h4-7,10H,8-9H2,1-3H3,(H,20,23)(H,19,21,22). The number of nitrogens with zero attached hydrogens (tertiary/aromatic N) is 1. The molecule has 0 atom stereocenters. The quantitative estimate of drug-likeness (QED) is 0.349. The van der Waals surface area contributed by atoms with E-state index in [1.807, 2.05) is 25.1 Å². The number of H-pyrrole nitrogens is 1. The zero-order chi connectivity index (χ0) is 18.4. The molecule has 1 aromatic carbocycles. The van der Waals surface area contributed by atoms with Crippen LogP contribution in [-0.2, 0) is 10.5 Å². The first-order valence-corrected chi connectivity index (χ1v) is 10.9. The fraction of sp³-hybridized carbons (Fsp3) is 0.353. The Morgan fingerprint density at radius 3 is 2.80 bits per heavy atom. The summed E-state index contributed by atoms with van der Waals surface area (Å²) in [5.74, 6) is 0.747. The largest absolute Gasteiger partial charge is 0.325 e. The van der Waals surface area contributed by atoms with Crippen molar-refractivity contribution < 1.29 is 4.79 Å². The first-order chi connectivity index (χ1) is 11.8. The van der Waals surface area contributed by atoms with Gasteiger partial charge < -0.3 is 10.3 Å². The molecular formula is C17H20IN3O2S2. The molecule has 2 N–H and O–H groups in total. The smallest absolute Gasteiger partial charge is 0.251 e. The SMILES string of the molecule is Cc1cc(I)ccc1NC(=O)CSc1nc(CSC(C)C)cc(=O)[nH]1. The average Bonchev–Trinajstić information content (AvgIpc) is 2.53. The Labute approximate surface area is 169 Å². The molecule has 2 rings (SSSR count). The molecule has 25 heavy (non-hydrogen) atoms. The topological polar surface area (TPSA) is 74.8 Å². The highest BCUT2D eigenvalue weighted by Gasteiger charge is 2.09. The predicted octanol–water partition coefficient (Wildman–Crippen LogP) is 4.06. The molecule has 0 radical (unpaired) electrons. The summed E-state index contributed by atoms with van der Waals surface area (Å²) in [6.45, 7) is 6.16. The zero-order valence-electron chi connectivity index (χ0n) is 14.3. The summed E-state index contributed by atoms with van der Waals surface area (Å²) < 4.78 is 1.13. The number of carbonyl (C=O) groups excluding carboxylic acids is 1. The van der Waals surface area contributed by atoms with E-state index in [9.17, 15) is 9.59 Å². The normalized spacial score (nSPS) is 10.9. The van der Waals surface area contributed by atoms with Crippen molar-refractivity contribution in [1.29, 1.82) is 0 Å². The van der Waals surface area contributed by atoms with E-state index < -0.39 is 0 Å². The van der Waals surface area contributed by atoms with Gasteiger partial charge in [0.25, 0.3) is 5.56 Å². The van der Waals surface area contributed by atoms with Crippen molar-refractivity contribution in [3.05, 3.63) is 49.4 Å². The lowest BCUT2D eigenvalue weighted by atomic mass is 10.2. The second kappa shape index (κ2) is 9.63. The summed E-state index contributed by atoms with van der Waals surface area (Å²) in [7, 11) is 0.